The Labute approximate surface area is 173 Å². The second kappa shape index (κ2) is 9.19. The van der Waals surface area contributed by atoms with Gasteiger partial charge in [-0.1, -0.05) is 36.4 Å². The first-order valence-corrected chi connectivity index (χ1v) is 9.62. The second-order valence-corrected chi connectivity index (χ2v) is 6.58. The van der Waals surface area contributed by atoms with Crippen molar-refractivity contribution in [3.8, 4) is 11.5 Å². The van der Waals surface area contributed by atoms with E-state index >= 15 is 0 Å². The molecule has 1 aromatic heterocycles. The van der Waals surface area contributed by atoms with E-state index in [0.717, 1.165) is 5.75 Å². The normalized spacial score (nSPS) is 13.4. The van der Waals surface area contributed by atoms with E-state index in [9.17, 15) is 4.79 Å². The van der Waals surface area contributed by atoms with Crippen LogP contribution < -0.4 is 31.0 Å². The molecule has 1 aliphatic rings. The molecular formula is C21H23N5O4. The predicted molar refractivity (Wildman–Crippen MR) is 114 cm³/mol. The van der Waals surface area contributed by atoms with Gasteiger partial charge in [0, 0.05) is 6.42 Å². The fourth-order valence-electron chi connectivity index (χ4n) is 3.01. The first kappa shape index (κ1) is 19.6. The molecule has 4 rings (SSSR count). The van der Waals surface area contributed by atoms with E-state index in [1.54, 1.807) is 4.90 Å². The summed E-state index contributed by atoms with van der Waals surface area (Å²) >= 11 is 0. The van der Waals surface area contributed by atoms with Crippen molar-refractivity contribution < 1.29 is 14.2 Å². The number of nitrogens with zero attached hydrogens (tertiary/aromatic N) is 2. The number of ether oxygens (including phenoxy) is 3. The molecule has 0 saturated heterocycles. The molecular weight excluding hydrogens is 386 g/mol. The van der Waals surface area contributed by atoms with Gasteiger partial charge >= 0.3 is 0 Å². The van der Waals surface area contributed by atoms with Gasteiger partial charge in [0.1, 0.15) is 17.2 Å². The highest BCUT2D eigenvalue weighted by Gasteiger charge is 2.31. The van der Waals surface area contributed by atoms with Crippen molar-refractivity contribution >= 4 is 17.5 Å². The highest BCUT2D eigenvalue weighted by molar-refractivity contribution is 5.70. The van der Waals surface area contributed by atoms with Crippen LogP contribution in [0.15, 0.2) is 65.5 Å². The molecule has 3 aromatic rings. The van der Waals surface area contributed by atoms with Crippen LogP contribution in [-0.2, 0) is 4.74 Å². The van der Waals surface area contributed by atoms with Crippen LogP contribution in [0.4, 0.5) is 17.5 Å². The smallest absolute Gasteiger partial charge is 0.286 e. The number of hydrogen-bond acceptors (Lipinski definition) is 8. The minimum atomic E-state index is -0.799. The Balaban J connectivity index is 1.42. The summed E-state index contributed by atoms with van der Waals surface area (Å²) in [6, 6.07) is 18.9. The van der Waals surface area contributed by atoms with Crippen molar-refractivity contribution in [1.82, 2.24) is 9.97 Å². The maximum atomic E-state index is 12.1. The van der Waals surface area contributed by atoms with Gasteiger partial charge in [0.05, 0.1) is 19.9 Å². The van der Waals surface area contributed by atoms with Crippen molar-refractivity contribution in [2.45, 2.75) is 12.8 Å². The van der Waals surface area contributed by atoms with E-state index in [1.165, 1.54) is 0 Å². The number of H-pyrrole nitrogens is 1. The van der Waals surface area contributed by atoms with Gasteiger partial charge in [-0.2, -0.15) is 4.98 Å². The maximum Gasteiger partial charge on any atom is 0.286 e. The van der Waals surface area contributed by atoms with Crippen molar-refractivity contribution in [2.75, 3.05) is 35.8 Å². The molecule has 156 valence electrons. The summed E-state index contributed by atoms with van der Waals surface area (Å²) in [7, 11) is 0. The number of rotatable bonds is 9. The molecule has 0 spiro atoms. The molecule has 0 saturated carbocycles. The third-order valence-electron chi connectivity index (χ3n) is 4.41. The van der Waals surface area contributed by atoms with Gasteiger partial charge in [0.15, 0.2) is 5.82 Å². The summed E-state index contributed by atoms with van der Waals surface area (Å²) in [5, 5.41) is 3.01. The minimum Gasteiger partial charge on any atom is -0.494 e. The minimum absolute atomic E-state index is 0.0298. The molecule has 9 heteroatoms. The monoisotopic (exact) mass is 409 g/mol. The lowest BCUT2D eigenvalue weighted by molar-refractivity contribution is -0.0819. The summed E-state index contributed by atoms with van der Waals surface area (Å²) in [5.74, 6) is 1.86. The molecule has 30 heavy (non-hydrogen) atoms. The number of nitrogen functional groups attached to an aromatic ring is 1. The lowest BCUT2D eigenvalue weighted by atomic mass is 10.3. The Kier molecular flexibility index (Phi) is 6.00. The largest absolute Gasteiger partial charge is 0.494 e. The van der Waals surface area contributed by atoms with Crippen LogP contribution in [0.3, 0.4) is 0 Å². The van der Waals surface area contributed by atoms with E-state index < -0.39 is 6.41 Å². The molecule has 9 nitrogen and oxygen atoms in total. The van der Waals surface area contributed by atoms with Crippen LogP contribution in [0.5, 0.6) is 11.5 Å². The van der Waals surface area contributed by atoms with Gasteiger partial charge in [0.25, 0.3) is 12.0 Å². The Morgan fingerprint density at radius 3 is 2.47 bits per heavy atom. The van der Waals surface area contributed by atoms with E-state index in [4.69, 9.17) is 19.9 Å². The fourth-order valence-corrected chi connectivity index (χ4v) is 3.01. The van der Waals surface area contributed by atoms with Crippen LogP contribution in [0.2, 0.25) is 0 Å². The van der Waals surface area contributed by atoms with Crippen molar-refractivity contribution in [2.24, 2.45) is 0 Å². The molecule has 2 heterocycles. The molecule has 0 radical (unpaired) electrons. The molecule has 1 atom stereocenters. The summed E-state index contributed by atoms with van der Waals surface area (Å²) in [4.78, 5) is 20.6. The summed E-state index contributed by atoms with van der Waals surface area (Å²) in [6.07, 6.45) is -0.144. The second-order valence-electron chi connectivity index (χ2n) is 6.58. The number of nitrogens with two attached hydrogens (primary N) is 1. The maximum absolute atomic E-state index is 12.1. The first-order chi connectivity index (χ1) is 14.7. The molecule has 2 aromatic carbocycles. The highest BCUT2D eigenvalue weighted by Crippen LogP contribution is 2.29. The number of aromatic amines is 1. The van der Waals surface area contributed by atoms with Crippen LogP contribution >= 0.6 is 0 Å². The van der Waals surface area contributed by atoms with Gasteiger partial charge in [-0.3, -0.25) is 14.7 Å². The number of benzene rings is 2. The Morgan fingerprint density at radius 2 is 1.73 bits per heavy atom. The van der Waals surface area contributed by atoms with E-state index in [2.05, 4.69) is 15.3 Å². The van der Waals surface area contributed by atoms with Crippen molar-refractivity contribution in [3.05, 3.63) is 71.0 Å². The molecule has 0 aliphatic carbocycles. The SMILES string of the molecule is Nc1nc2c(c(=O)[nH]1)NCN2C(OCCCOc1ccccc1)Oc1ccccc1. The first-order valence-electron chi connectivity index (χ1n) is 9.62. The third-order valence-corrected chi connectivity index (χ3v) is 4.41. The zero-order chi connectivity index (χ0) is 20.8. The Morgan fingerprint density at radius 1 is 1.03 bits per heavy atom. The van der Waals surface area contributed by atoms with E-state index in [-0.39, 0.29) is 11.5 Å². The van der Waals surface area contributed by atoms with E-state index in [0.29, 0.717) is 43.6 Å². The number of para-hydroxylation sites is 2. The van der Waals surface area contributed by atoms with Crippen LogP contribution in [0.25, 0.3) is 0 Å². The number of hydrogen-bond donors (Lipinski definition) is 3. The highest BCUT2D eigenvalue weighted by atomic mass is 16.7. The molecule has 1 unspecified atom stereocenters. The molecule has 0 bridgehead atoms. The average molecular weight is 409 g/mol. The average Bonchev–Trinajstić information content (AvgIpc) is 3.18. The summed E-state index contributed by atoms with van der Waals surface area (Å²) in [5.41, 5.74) is 5.72. The number of anilines is 3. The lowest BCUT2D eigenvalue weighted by Crippen LogP contribution is -2.42. The lowest BCUT2D eigenvalue weighted by Gasteiger charge is -2.28. The van der Waals surface area contributed by atoms with Crippen LogP contribution in [0, 0.1) is 0 Å². The van der Waals surface area contributed by atoms with Gasteiger partial charge < -0.3 is 25.3 Å². The van der Waals surface area contributed by atoms with Gasteiger partial charge in [-0.15, -0.1) is 0 Å². The van der Waals surface area contributed by atoms with Gasteiger partial charge in [-0.25, -0.2) is 0 Å². The zero-order valence-electron chi connectivity index (χ0n) is 16.3. The quantitative estimate of drug-likeness (QED) is 0.365. The Hall–Kier alpha value is -3.72. The molecule has 0 fully saturated rings. The Bertz CT molecular complexity index is 1010. The standard InChI is InChI=1S/C21H23N5O4/c22-20-24-18-17(19(27)25-20)23-14-26(18)21(30-16-10-5-2-6-11-16)29-13-7-12-28-15-8-3-1-4-9-15/h1-6,8-11,21,23H,7,12-14H2,(H3,22,24,25,27). The van der Waals surface area contributed by atoms with Crippen molar-refractivity contribution in [3.63, 3.8) is 0 Å². The molecule has 4 N–H and O–H groups in total. The molecule has 0 amide bonds. The molecule has 1 aliphatic heterocycles. The third kappa shape index (κ3) is 4.64. The predicted octanol–water partition coefficient (Wildman–Crippen LogP) is 2.39. The summed E-state index contributed by atoms with van der Waals surface area (Å²) < 4.78 is 17.7. The van der Waals surface area contributed by atoms with Crippen LogP contribution in [-0.4, -0.2) is 36.3 Å². The van der Waals surface area contributed by atoms with Gasteiger partial charge in [-0.05, 0) is 24.3 Å². The van der Waals surface area contributed by atoms with Gasteiger partial charge in [0.2, 0.25) is 5.95 Å². The number of fused-ring (bicyclic) bond motifs is 1. The fraction of sp³-hybridized carbons (Fsp3) is 0.238. The number of aromatic nitrogens is 2. The number of nitrogens with one attached hydrogen (secondary N) is 2. The van der Waals surface area contributed by atoms with Crippen LogP contribution in [0.1, 0.15) is 6.42 Å². The van der Waals surface area contributed by atoms with Crippen molar-refractivity contribution in [1.29, 1.82) is 0 Å². The topological polar surface area (TPSA) is 115 Å². The van der Waals surface area contributed by atoms with E-state index in [1.807, 2.05) is 60.7 Å². The summed E-state index contributed by atoms with van der Waals surface area (Å²) in [6.45, 7) is 1.18. The zero-order valence-corrected chi connectivity index (χ0v) is 16.3.